The van der Waals surface area contributed by atoms with Gasteiger partial charge in [-0.15, -0.1) is 0 Å². The van der Waals surface area contributed by atoms with Gasteiger partial charge in [-0.05, 0) is 64.9 Å². The number of hydrogen-bond donors (Lipinski definition) is 0. The molecule has 0 amide bonds. The molecule has 0 atom stereocenters. The standard InChI is InChI=1S/C26H20N2O5.K/c1-31-23-11-19-14-27-13-18(20(19)12-24(23)32-2)9-15-3-8-22-21(10-15)28-25(33-22)16-4-6-17(7-5-16)26(29)30;/h3-8,10-14H,9H2,1-2H3,(H,29,30);/q;+1/p-1. The monoisotopic (exact) mass is 478 g/mol. The molecule has 0 spiro atoms. The maximum absolute atomic E-state index is 11.0. The molecule has 0 saturated heterocycles. The van der Waals surface area contributed by atoms with Crippen LogP contribution < -0.4 is 66.0 Å². The summed E-state index contributed by atoms with van der Waals surface area (Å²) in [6.45, 7) is 0. The molecule has 0 bridgehead atoms. The van der Waals surface area contributed by atoms with Gasteiger partial charge in [0.15, 0.2) is 17.1 Å². The molecule has 2 heterocycles. The van der Waals surface area contributed by atoms with Crippen molar-refractivity contribution in [2.75, 3.05) is 14.2 Å². The van der Waals surface area contributed by atoms with Crippen molar-refractivity contribution >= 4 is 27.8 Å². The van der Waals surface area contributed by atoms with Crippen LogP contribution in [0.5, 0.6) is 11.5 Å². The molecule has 0 aliphatic carbocycles. The Morgan fingerprint density at radius 2 is 1.71 bits per heavy atom. The molecule has 0 aliphatic heterocycles. The predicted molar refractivity (Wildman–Crippen MR) is 121 cm³/mol. The third-order valence-corrected chi connectivity index (χ3v) is 5.56. The molecule has 8 heteroatoms. The number of carboxylic acid groups (broad SMARTS) is 1. The Bertz CT molecular complexity index is 1500. The van der Waals surface area contributed by atoms with E-state index >= 15 is 0 Å². The molecule has 3 aromatic carbocycles. The summed E-state index contributed by atoms with van der Waals surface area (Å²) < 4.78 is 16.7. The minimum atomic E-state index is -1.22. The van der Waals surface area contributed by atoms with Gasteiger partial charge in [-0.2, -0.15) is 0 Å². The van der Waals surface area contributed by atoms with Crippen molar-refractivity contribution in [1.82, 2.24) is 9.97 Å². The van der Waals surface area contributed by atoms with Gasteiger partial charge >= 0.3 is 51.4 Å². The quantitative estimate of drug-likeness (QED) is 0.336. The molecule has 0 aliphatic rings. The molecule has 0 fully saturated rings. The van der Waals surface area contributed by atoms with Crippen molar-refractivity contribution in [1.29, 1.82) is 0 Å². The van der Waals surface area contributed by atoms with Gasteiger partial charge in [-0.1, -0.05) is 18.2 Å². The van der Waals surface area contributed by atoms with Gasteiger partial charge in [0, 0.05) is 23.3 Å². The van der Waals surface area contributed by atoms with Gasteiger partial charge in [0.25, 0.3) is 0 Å². The van der Waals surface area contributed by atoms with Gasteiger partial charge in [0.1, 0.15) is 5.52 Å². The molecular weight excluding hydrogens is 459 g/mol. The molecular formula is C26H19KN2O5. The number of ether oxygens (including phenoxy) is 2. The largest absolute Gasteiger partial charge is 1.00 e. The molecule has 34 heavy (non-hydrogen) atoms. The maximum atomic E-state index is 11.0. The third kappa shape index (κ3) is 4.73. The number of aromatic nitrogens is 2. The van der Waals surface area contributed by atoms with E-state index in [4.69, 9.17) is 13.9 Å². The number of aromatic carboxylic acids is 1. The zero-order chi connectivity index (χ0) is 22.9. The molecule has 2 aromatic heterocycles. The Hall–Kier alpha value is -2.75. The number of benzene rings is 3. The molecule has 0 radical (unpaired) electrons. The summed E-state index contributed by atoms with van der Waals surface area (Å²) in [7, 11) is 3.23. The van der Waals surface area contributed by atoms with Crippen LogP contribution in [0.3, 0.4) is 0 Å². The topological polar surface area (TPSA) is 97.5 Å². The molecule has 164 valence electrons. The zero-order valence-electron chi connectivity index (χ0n) is 19.0. The fraction of sp³-hybridized carbons (Fsp3) is 0.115. The normalized spacial score (nSPS) is 10.8. The smallest absolute Gasteiger partial charge is 0.545 e. The summed E-state index contributed by atoms with van der Waals surface area (Å²) in [5, 5.41) is 13.0. The minimum absolute atomic E-state index is 0. The zero-order valence-corrected chi connectivity index (χ0v) is 22.1. The molecule has 7 nitrogen and oxygen atoms in total. The number of pyridine rings is 1. The Morgan fingerprint density at radius 1 is 0.971 bits per heavy atom. The Kier molecular flexibility index (Phi) is 7.35. The molecule has 0 unspecified atom stereocenters. The number of fused-ring (bicyclic) bond motifs is 2. The van der Waals surface area contributed by atoms with Crippen molar-refractivity contribution in [3.8, 4) is 23.0 Å². The van der Waals surface area contributed by atoms with Crippen LogP contribution in [0.2, 0.25) is 0 Å². The first-order chi connectivity index (χ1) is 16.1. The third-order valence-electron chi connectivity index (χ3n) is 5.56. The number of methoxy groups -OCH3 is 2. The fourth-order valence-corrected chi connectivity index (χ4v) is 3.87. The van der Waals surface area contributed by atoms with Gasteiger partial charge in [0.2, 0.25) is 5.89 Å². The van der Waals surface area contributed by atoms with Gasteiger partial charge in [-0.3, -0.25) is 4.98 Å². The van der Waals surface area contributed by atoms with E-state index in [0.29, 0.717) is 35.0 Å². The van der Waals surface area contributed by atoms with Crippen LogP contribution in [-0.4, -0.2) is 30.2 Å². The number of carbonyl (C=O) groups is 1. The van der Waals surface area contributed by atoms with Gasteiger partial charge in [-0.25, -0.2) is 4.98 Å². The number of carbonyl (C=O) groups excluding carboxylic acids is 1. The molecule has 0 N–H and O–H groups in total. The summed E-state index contributed by atoms with van der Waals surface area (Å²) in [5.41, 5.74) is 4.28. The van der Waals surface area contributed by atoms with Crippen molar-refractivity contribution < 1.29 is 75.2 Å². The van der Waals surface area contributed by atoms with Gasteiger partial charge in [0.05, 0.1) is 20.2 Å². The Balaban J connectivity index is 0.00000274. The van der Waals surface area contributed by atoms with E-state index in [-0.39, 0.29) is 56.9 Å². The summed E-state index contributed by atoms with van der Waals surface area (Å²) >= 11 is 0. The van der Waals surface area contributed by atoms with E-state index in [9.17, 15) is 9.90 Å². The number of oxazole rings is 1. The van der Waals surface area contributed by atoms with Crippen molar-refractivity contribution in [3.63, 3.8) is 0 Å². The fourth-order valence-electron chi connectivity index (χ4n) is 3.87. The molecule has 5 rings (SSSR count). The minimum Gasteiger partial charge on any atom is -0.545 e. The van der Waals surface area contributed by atoms with Crippen molar-refractivity contribution in [2.24, 2.45) is 0 Å². The van der Waals surface area contributed by atoms with E-state index in [1.165, 1.54) is 12.1 Å². The second-order valence-electron chi connectivity index (χ2n) is 7.59. The predicted octanol–water partition coefficient (Wildman–Crippen LogP) is 1.02. The van der Waals surface area contributed by atoms with E-state index in [1.54, 1.807) is 32.5 Å². The van der Waals surface area contributed by atoms with Crippen LogP contribution in [0.15, 0.2) is 71.4 Å². The van der Waals surface area contributed by atoms with Crippen LogP contribution in [0.25, 0.3) is 33.3 Å². The second-order valence-corrected chi connectivity index (χ2v) is 7.59. The Labute approximate surface area is 238 Å². The number of nitrogens with zero attached hydrogens (tertiary/aromatic N) is 2. The van der Waals surface area contributed by atoms with Crippen LogP contribution in [0, 0.1) is 0 Å². The van der Waals surface area contributed by atoms with Crippen molar-refractivity contribution in [2.45, 2.75) is 6.42 Å². The first-order valence-electron chi connectivity index (χ1n) is 10.3. The summed E-state index contributed by atoms with van der Waals surface area (Å²) in [6.07, 6.45) is 4.31. The van der Waals surface area contributed by atoms with Crippen molar-refractivity contribution in [3.05, 3.63) is 83.7 Å². The molecule has 5 aromatic rings. The summed E-state index contributed by atoms with van der Waals surface area (Å²) in [5.74, 6) is 0.533. The maximum Gasteiger partial charge on any atom is 1.00 e. The average molecular weight is 479 g/mol. The van der Waals surface area contributed by atoms with E-state index in [2.05, 4.69) is 9.97 Å². The van der Waals surface area contributed by atoms with Crippen LogP contribution in [0.1, 0.15) is 21.5 Å². The molecule has 0 saturated carbocycles. The first-order valence-corrected chi connectivity index (χ1v) is 10.3. The van der Waals surface area contributed by atoms with Crippen LogP contribution >= 0.6 is 0 Å². The second kappa shape index (κ2) is 10.2. The number of rotatable bonds is 6. The summed E-state index contributed by atoms with van der Waals surface area (Å²) in [4.78, 5) is 19.9. The van der Waals surface area contributed by atoms with Gasteiger partial charge < -0.3 is 23.8 Å². The van der Waals surface area contributed by atoms with E-state index < -0.39 is 5.97 Å². The first kappa shape index (κ1) is 24.4. The van der Waals surface area contributed by atoms with E-state index in [0.717, 1.165) is 27.4 Å². The number of hydrogen-bond acceptors (Lipinski definition) is 7. The summed E-state index contributed by atoms with van der Waals surface area (Å²) in [6, 6.07) is 16.0. The number of carboxylic acids is 1. The van der Waals surface area contributed by atoms with Crippen LogP contribution in [-0.2, 0) is 6.42 Å². The Morgan fingerprint density at radius 3 is 2.41 bits per heavy atom. The van der Waals surface area contributed by atoms with Crippen LogP contribution in [0.4, 0.5) is 0 Å². The average Bonchev–Trinajstić information content (AvgIpc) is 3.27. The SMILES string of the molecule is COc1cc2cncc(Cc3ccc4oc(-c5ccc(C(=O)[O-])cc5)nc4c3)c2cc1OC.[K+]. The van der Waals surface area contributed by atoms with E-state index in [1.807, 2.05) is 36.5 Å².